The summed E-state index contributed by atoms with van der Waals surface area (Å²) >= 11 is 0. The highest BCUT2D eigenvalue weighted by Gasteiger charge is 2.24. The summed E-state index contributed by atoms with van der Waals surface area (Å²) in [5.41, 5.74) is 10.1. The Hall–Kier alpha value is -2.49. The number of esters is 1. The van der Waals surface area contributed by atoms with E-state index in [-0.39, 0.29) is 12.0 Å². The quantitative estimate of drug-likeness (QED) is 0.656. The van der Waals surface area contributed by atoms with Crippen molar-refractivity contribution in [3.8, 4) is 0 Å². The molecule has 2 aromatic carbocycles. The second-order valence-corrected chi connectivity index (χ2v) is 5.24. The third kappa shape index (κ3) is 2.57. The van der Waals surface area contributed by atoms with Gasteiger partial charge in [0.1, 0.15) is 0 Å². The number of rotatable bonds is 2. The fourth-order valence-corrected chi connectivity index (χ4v) is 2.85. The summed E-state index contributed by atoms with van der Waals surface area (Å²) in [6.45, 7) is 0. The number of nitrogens with one attached hydrogen (secondary N) is 1. The molecule has 0 bridgehead atoms. The monoisotopic (exact) mass is 282 g/mol. The SMILES string of the molecule is COC(=O)c1cc(N)cc2c1NC(c1ccccc1)CC2. The van der Waals surface area contributed by atoms with E-state index in [1.807, 2.05) is 24.3 Å². The van der Waals surface area contributed by atoms with E-state index in [0.29, 0.717) is 11.3 Å². The summed E-state index contributed by atoms with van der Waals surface area (Å²) in [4.78, 5) is 12.0. The Balaban J connectivity index is 1.99. The van der Waals surface area contributed by atoms with Crippen LogP contribution in [0.15, 0.2) is 42.5 Å². The highest BCUT2D eigenvalue weighted by Crippen LogP contribution is 2.36. The Morgan fingerprint density at radius 1 is 1.29 bits per heavy atom. The minimum absolute atomic E-state index is 0.200. The lowest BCUT2D eigenvalue weighted by atomic mass is 9.91. The molecule has 1 aliphatic rings. The van der Waals surface area contributed by atoms with E-state index in [4.69, 9.17) is 10.5 Å². The minimum Gasteiger partial charge on any atom is -0.465 e. The number of hydrogen-bond acceptors (Lipinski definition) is 4. The van der Waals surface area contributed by atoms with Crippen LogP contribution in [0.4, 0.5) is 11.4 Å². The van der Waals surface area contributed by atoms with Crippen LogP contribution in [-0.2, 0) is 11.2 Å². The number of nitrogens with two attached hydrogens (primary N) is 1. The highest BCUT2D eigenvalue weighted by atomic mass is 16.5. The summed E-state index contributed by atoms with van der Waals surface area (Å²) in [6, 6.07) is 14.0. The van der Waals surface area contributed by atoms with Gasteiger partial charge < -0.3 is 15.8 Å². The van der Waals surface area contributed by atoms with Crippen LogP contribution in [0.1, 0.15) is 33.9 Å². The molecule has 3 rings (SSSR count). The molecule has 0 spiro atoms. The van der Waals surface area contributed by atoms with E-state index in [2.05, 4.69) is 17.4 Å². The van der Waals surface area contributed by atoms with Crippen LogP contribution in [-0.4, -0.2) is 13.1 Å². The highest BCUT2D eigenvalue weighted by molar-refractivity contribution is 5.98. The molecule has 2 aromatic rings. The normalized spacial score (nSPS) is 16.7. The maximum atomic E-state index is 12.0. The number of carbonyl (C=O) groups is 1. The van der Waals surface area contributed by atoms with Crippen molar-refractivity contribution >= 4 is 17.3 Å². The number of hydrogen-bond donors (Lipinski definition) is 2. The van der Waals surface area contributed by atoms with E-state index in [1.165, 1.54) is 12.7 Å². The molecular weight excluding hydrogens is 264 g/mol. The molecule has 0 saturated carbocycles. The number of fused-ring (bicyclic) bond motifs is 1. The molecule has 0 saturated heterocycles. The zero-order valence-corrected chi connectivity index (χ0v) is 11.9. The number of benzene rings is 2. The first-order valence-electron chi connectivity index (χ1n) is 7.01. The van der Waals surface area contributed by atoms with E-state index in [0.717, 1.165) is 24.1 Å². The summed E-state index contributed by atoms with van der Waals surface area (Å²) in [6.07, 6.45) is 1.86. The first kappa shape index (κ1) is 13.5. The van der Waals surface area contributed by atoms with Crippen molar-refractivity contribution in [3.63, 3.8) is 0 Å². The molecule has 0 fully saturated rings. The molecule has 1 atom stereocenters. The molecule has 4 nitrogen and oxygen atoms in total. The molecule has 108 valence electrons. The molecule has 4 heteroatoms. The second-order valence-electron chi connectivity index (χ2n) is 5.24. The maximum Gasteiger partial charge on any atom is 0.340 e. The smallest absolute Gasteiger partial charge is 0.340 e. The molecule has 0 radical (unpaired) electrons. The van der Waals surface area contributed by atoms with Gasteiger partial charge in [-0.15, -0.1) is 0 Å². The van der Waals surface area contributed by atoms with Crippen LogP contribution in [0.3, 0.4) is 0 Å². The fourth-order valence-electron chi connectivity index (χ4n) is 2.85. The van der Waals surface area contributed by atoms with Crippen molar-refractivity contribution in [1.29, 1.82) is 0 Å². The third-order valence-electron chi connectivity index (χ3n) is 3.87. The maximum absolute atomic E-state index is 12.0. The Labute approximate surface area is 123 Å². The summed E-state index contributed by atoms with van der Waals surface area (Å²) in [7, 11) is 1.38. The third-order valence-corrected chi connectivity index (χ3v) is 3.87. The van der Waals surface area contributed by atoms with Crippen molar-refractivity contribution < 1.29 is 9.53 Å². The second kappa shape index (κ2) is 5.48. The first-order chi connectivity index (χ1) is 10.2. The lowest BCUT2D eigenvalue weighted by Gasteiger charge is -2.29. The van der Waals surface area contributed by atoms with Crippen LogP contribution in [0.25, 0.3) is 0 Å². The van der Waals surface area contributed by atoms with Crippen molar-refractivity contribution in [2.24, 2.45) is 0 Å². The molecule has 1 heterocycles. The van der Waals surface area contributed by atoms with Gasteiger partial charge in [0.05, 0.1) is 24.4 Å². The zero-order valence-electron chi connectivity index (χ0n) is 11.9. The fraction of sp³-hybridized carbons (Fsp3) is 0.235. The largest absolute Gasteiger partial charge is 0.465 e. The molecule has 0 amide bonds. The standard InChI is InChI=1S/C17H18N2O2/c1-21-17(20)14-10-13(18)9-12-7-8-15(19-16(12)14)11-5-3-2-4-6-11/h2-6,9-10,15,19H,7-8,18H2,1H3. The molecule has 21 heavy (non-hydrogen) atoms. The lowest BCUT2D eigenvalue weighted by molar-refractivity contribution is 0.0601. The van der Waals surface area contributed by atoms with Crippen LogP contribution >= 0.6 is 0 Å². The number of anilines is 2. The van der Waals surface area contributed by atoms with Gasteiger partial charge >= 0.3 is 5.97 Å². The van der Waals surface area contributed by atoms with Gasteiger partial charge in [0.15, 0.2) is 0 Å². The minimum atomic E-state index is -0.361. The van der Waals surface area contributed by atoms with Crippen LogP contribution in [0.2, 0.25) is 0 Å². The molecule has 0 aliphatic carbocycles. The van der Waals surface area contributed by atoms with Gasteiger partial charge in [0.2, 0.25) is 0 Å². The van der Waals surface area contributed by atoms with Crippen LogP contribution in [0, 0.1) is 0 Å². The van der Waals surface area contributed by atoms with Crippen LogP contribution in [0.5, 0.6) is 0 Å². The summed E-state index contributed by atoms with van der Waals surface area (Å²) in [5.74, 6) is -0.361. The van der Waals surface area contributed by atoms with Crippen LogP contribution < -0.4 is 11.1 Å². The number of carbonyl (C=O) groups excluding carboxylic acids is 1. The number of methoxy groups -OCH3 is 1. The molecular formula is C17H18N2O2. The van der Waals surface area contributed by atoms with E-state index in [1.54, 1.807) is 6.07 Å². The van der Waals surface area contributed by atoms with Gasteiger partial charge in [0.25, 0.3) is 0 Å². The van der Waals surface area contributed by atoms with E-state index >= 15 is 0 Å². The zero-order chi connectivity index (χ0) is 14.8. The van der Waals surface area contributed by atoms with Gasteiger partial charge in [-0.2, -0.15) is 0 Å². The van der Waals surface area contributed by atoms with Crippen molar-refractivity contribution in [3.05, 3.63) is 59.2 Å². The van der Waals surface area contributed by atoms with E-state index in [9.17, 15) is 4.79 Å². The predicted molar refractivity (Wildman–Crippen MR) is 83.3 cm³/mol. The summed E-state index contributed by atoms with van der Waals surface area (Å²) < 4.78 is 4.86. The average molecular weight is 282 g/mol. The Kier molecular flexibility index (Phi) is 3.52. The van der Waals surface area contributed by atoms with E-state index < -0.39 is 0 Å². The van der Waals surface area contributed by atoms with Gasteiger partial charge in [-0.3, -0.25) is 0 Å². The molecule has 3 N–H and O–H groups in total. The number of ether oxygens (including phenoxy) is 1. The molecule has 1 unspecified atom stereocenters. The Morgan fingerprint density at radius 3 is 2.76 bits per heavy atom. The average Bonchev–Trinajstić information content (AvgIpc) is 2.53. The Morgan fingerprint density at radius 2 is 2.05 bits per heavy atom. The van der Waals surface area contributed by atoms with Gasteiger partial charge in [-0.25, -0.2) is 4.79 Å². The van der Waals surface area contributed by atoms with Gasteiger partial charge in [-0.1, -0.05) is 30.3 Å². The Bertz CT molecular complexity index is 668. The van der Waals surface area contributed by atoms with Crippen molar-refractivity contribution in [1.82, 2.24) is 0 Å². The number of nitrogen functional groups attached to an aromatic ring is 1. The predicted octanol–water partition coefficient (Wildman–Crippen LogP) is 3.15. The number of aryl methyl sites for hydroxylation is 1. The summed E-state index contributed by atoms with van der Waals surface area (Å²) in [5, 5.41) is 3.47. The molecule has 1 aliphatic heterocycles. The topological polar surface area (TPSA) is 64.3 Å². The van der Waals surface area contributed by atoms with Gasteiger partial charge in [-0.05, 0) is 36.1 Å². The lowest BCUT2D eigenvalue weighted by Crippen LogP contribution is -2.21. The van der Waals surface area contributed by atoms with Crippen molar-refractivity contribution in [2.75, 3.05) is 18.2 Å². The van der Waals surface area contributed by atoms with Crippen molar-refractivity contribution in [2.45, 2.75) is 18.9 Å². The molecule has 0 aromatic heterocycles. The first-order valence-corrected chi connectivity index (χ1v) is 7.01. The van der Waals surface area contributed by atoms with Gasteiger partial charge in [0, 0.05) is 5.69 Å².